The molecular weight excluding hydrogens is 294 g/mol. The van der Waals surface area contributed by atoms with Crippen LogP contribution >= 0.6 is 15.9 Å². The predicted molar refractivity (Wildman–Crippen MR) is 76.7 cm³/mol. The zero-order valence-electron chi connectivity index (χ0n) is 11.1. The zero-order valence-corrected chi connectivity index (χ0v) is 12.7. The summed E-state index contributed by atoms with van der Waals surface area (Å²) in [6, 6.07) is 7.35. The van der Waals surface area contributed by atoms with Crippen LogP contribution in [0, 0.1) is 5.41 Å². The number of carbonyl (C=O) groups is 1. The van der Waals surface area contributed by atoms with Crippen molar-refractivity contribution in [3.05, 3.63) is 34.3 Å². The number of halogens is 1. The van der Waals surface area contributed by atoms with Crippen molar-refractivity contribution in [2.45, 2.75) is 20.3 Å². The molecule has 3 nitrogen and oxygen atoms in total. The Labute approximate surface area is 117 Å². The summed E-state index contributed by atoms with van der Waals surface area (Å²) in [6.45, 7) is 5.59. The Morgan fingerprint density at radius 1 is 1.33 bits per heavy atom. The van der Waals surface area contributed by atoms with Gasteiger partial charge in [-0.15, -0.1) is 0 Å². The van der Waals surface area contributed by atoms with E-state index in [0.29, 0.717) is 18.7 Å². The lowest BCUT2D eigenvalue weighted by atomic mass is 9.89. The van der Waals surface area contributed by atoms with Gasteiger partial charge in [-0.2, -0.15) is 0 Å². The van der Waals surface area contributed by atoms with Crippen molar-refractivity contribution in [3.63, 3.8) is 0 Å². The summed E-state index contributed by atoms with van der Waals surface area (Å²) < 4.78 is 6.04. The van der Waals surface area contributed by atoms with Crippen LogP contribution in [-0.4, -0.2) is 26.2 Å². The fourth-order valence-corrected chi connectivity index (χ4v) is 1.75. The van der Waals surface area contributed by atoms with Gasteiger partial charge in [-0.3, -0.25) is 4.79 Å². The van der Waals surface area contributed by atoms with Crippen molar-refractivity contribution < 1.29 is 9.53 Å². The van der Waals surface area contributed by atoms with Gasteiger partial charge in [-0.05, 0) is 36.1 Å². The summed E-state index contributed by atoms with van der Waals surface area (Å²) >= 11 is 3.35. The molecule has 4 heteroatoms. The molecule has 0 spiro atoms. The number of ether oxygens (including phenoxy) is 1. The van der Waals surface area contributed by atoms with Crippen LogP contribution < -0.4 is 5.32 Å². The van der Waals surface area contributed by atoms with Gasteiger partial charge in [0.15, 0.2) is 0 Å². The zero-order chi connectivity index (χ0) is 13.6. The van der Waals surface area contributed by atoms with Crippen LogP contribution in [0.5, 0.6) is 0 Å². The van der Waals surface area contributed by atoms with E-state index in [1.54, 1.807) is 7.11 Å². The number of amides is 1. The van der Waals surface area contributed by atoms with Crippen LogP contribution in [0.2, 0.25) is 0 Å². The fraction of sp³-hybridized carbons (Fsp3) is 0.500. The van der Waals surface area contributed by atoms with Gasteiger partial charge < -0.3 is 10.1 Å². The lowest BCUT2D eigenvalue weighted by molar-refractivity contribution is 0.0921. The first-order chi connectivity index (χ1) is 8.44. The number of benzene rings is 1. The van der Waals surface area contributed by atoms with E-state index in [-0.39, 0.29) is 11.3 Å². The second-order valence-electron chi connectivity index (χ2n) is 5.10. The summed E-state index contributed by atoms with van der Waals surface area (Å²) in [5.74, 6) is -0.0343. The van der Waals surface area contributed by atoms with Gasteiger partial charge in [-0.1, -0.05) is 29.8 Å². The maximum atomic E-state index is 11.9. The van der Waals surface area contributed by atoms with Gasteiger partial charge in [0.05, 0.1) is 0 Å². The van der Waals surface area contributed by atoms with Crippen LogP contribution in [0.1, 0.15) is 30.6 Å². The highest BCUT2D eigenvalue weighted by molar-refractivity contribution is 9.10. The molecule has 0 saturated heterocycles. The van der Waals surface area contributed by atoms with Crippen molar-refractivity contribution in [2.75, 3.05) is 20.3 Å². The average molecular weight is 314 g/mol. The quantitative estimate of drug-likeness (QED) is 0.875. The third-order valence-corrected chi connectivity index (χ3v) is 3.35. The number of hydrogen-bond acceptors (Lipinski definition) is 2. The normalized spacial score (nSPS) is 11.3. The molecular formula is C14H20BrNO2. The Morgan fingerprint density at radius 3 is 2.50 bits per heavy atom. The summed E-state index contributed by atoms with van der Waals surface area (Å²) in [6.07, 6.45) is 0.921. The van der Waals surface area contributed by atoms with Crippen LogP contribution in [-0.2, 0) is 4.74 Å². The molecule has 0 aromatic heterocycles. The summed E-state index contributed by atoms with van der Waals surface area (Å²) in [7, 11) is 1.69. The maximum absolute atomic E-state index is 11.9. The highest BCUT2D eigenvalue weighted by Crippen LogP contribution is 2.19. The van der Waals surface area contributed by atoms with E-state index >= 15 is 0 Å². The topological polar surface area (TPSA) is 38.3 Å². The summed E-state index contributed by atoms with van der Waals surface area (Å²) in [5, 5.41) is 2.96. The maximum Gasteiger partial charge on any atom is 0.251 e. The molecule has 1 amide bonds. The van der Waals surface area contributed by atoms with E-state index in [2.05, 4.69) is 35.1 Å². The highest BCUT2D eigenvalue weighted by atomic mass is 79.9. The minimum absolute atomic E-state index is 0.0343. The molecule has 0 radical (unpaired) electrons. The minimum atomic E-state index is -0.0343. The van der Waals surface area contributed by atoms with Gasteiger partial charge in [0.25, 0.3) is 5.91 Å². The molecule has 0 unspecified atom stereocenters. The second kappa shape index (κ2) is 6.90. The summed E-state index contributed by atoms with van der Waals surface area (Å²) in [5.41, 5.74) is 0.724. The van der Waals surface area contributed by atoms with Crippen LogP contribution in [0.25, 0.3) is 0 Å². The predicted octanol–water partition coefficient (Wildman–Crippen LogP) is 3.24. The largest absolute Gasteiger partial charge is 0.385 e. The van der Waals surface area contributed by atoms with Crippen molar-refractivity contribution in [1.29, 1.82) is 0 Å². The van der Waals surface area contributed by atoms with Gasteiger partial charge in [0.2, 0.25) is 0 Å². The molecule has 0 heterocycles. The van der Waals surface area contributed by atoms with Crippen molar-refractivity contribution in [3.8, 4) is 0 Å². The minimum Gasteiger partial charge on any atom is -0.385 e. The molecule has 1 aromatic carbocycles. The van der Waals surface area contributed by atoms with E-state index in [9.17, 15) is 4.79 Å². The van der Waals surface area contributed by atoms with Gasteiger partial charge in [0, 0.05) is 30.3 Å². The smallest absolute Gasteiger partial charge is 0.251 e. The molecule has 0 bridgehead atoms. The standard InChI is InChI=1S/C14H20BrNO2/c1-14(2,8-9-18-3)10-16-13(17)11-4-6-12(15)7-5-11/h4-7H,8-10H2,1-3H3,(H,16,17). The molecule has 100 valence electrons. The molecule has 0 saturated carbocycles. The van der Waals surface area contributed by atoms with Crippen LogP contribution in [0.3, 0.4) is 0 Å². The molecule has 0 fully saturated rings. The van der Waals surface area contributed by atoms with Crippen molar-refractivity contribution in [1.82, 2.24) is 5.32 Å². The Morgan fingerprint density at radius 2 is 1.94 bits per heavy atom. The average Bonchev–Trinajstić information content (AvgIpc) is 2.35. The third kappa shape index (κ3) is 5.19. The van der Waals surface area contributed by atoms with Crippen molar-refractivity contribution in [2.24, 2.45) is 5.41 Å². The van der Waals surface area contributed by atoms with Gasteiger partial charge >= 0.3 is 0 Å². The first kappa shape index (κ1) is 15.2. The first-order valence-electron chi connectivity index (χ1n) is 5.97. The molecule has 0 aliphatic carbocycles. The Kier molecular flexibility index (Phi) is 5.82. The number of hydrogen-bond donors (Lipinski definition) is 1. The number of nitrogens with one attached hydrogen (secondary N) is 1. The molecule has 1 aromatic rings. The van der Waals surface area contributed by atoms with Crippen LogP contribution in [0.4, 0.5) is 0 Å². The third-order valence-electron chi connectivity index (χ3n) is 2.82. The molecule has 0 aliphatic rings. The second-order valence-corrected chi connectivity index (χ2v) is 6.01. The number of rotatable bonds is 6. The van der Waals surface area contributed by atoms with E-state index in [0.717, 1.165) is 10.9 Å². The fourth-order valence-electron chi connectivity index (χ4n) is 1.49. The Hall–Kier alpha value is -0.870. The monoisotopic (exact) mass is 313 g/mol. The summed E-state index contributed by atoms with van der Waals surface area (Å²) in [4.78, 5) is 11.9. The van der Waals surface area contributed by atoms with E-state index in [1.165, 1.54) is 0 Å². The van der Waals surface area contributed by atoms with Gasteiger partial charge in [-0.25, -0.2) is 0 Å². The SMILES string of the molecule is COCCC(C)(C)CNC(=O)c1ccc(Br)cc1. The lowest BCUT2D eigenvalue weighted by Crippen LogP contribution is -2.34. The Bertz CT molecular complexity index is 387. The molecule has 1 rings (SSSR count). The number of carbonyl (C=O) groups excluding carboxylic acids is 1. The van der Waals surface area contributed by atoms with E-state index in [1.807, 2.05) is 24.3 Å². The first-order valence-corrected chi connectivity index (χ1v) is 6.77. The van der Waals surface area contributed by atoms with Crippen molar-refractivity contribution >= 4 is 21.8 Å². The molecule has 0 aliphatic heterocycles. The molecule has 0 atom stereocenters. The van der Waals surface area contributed by atoms with E-state index < -0.39 is 0 Å². The van der Waals surface area contributed by atoms with Crippen LogP contribution in [0.15, 0.2) is 28.7 Å². The van der Waals surface area contributed by atoms with E-state index in [4.69, 9.17) is 4.74 Å². The molecule has 18 heavy (non-hydrogen) atoms. The lowest BCUT2D eigenvalue weighted by Gasteiger charge is -2.24. The molecule has 1 N–H and O–H groups in total. The van der Waals surface area contributed by atoms with Gasteiger partial charge in [0.1, 0.15) is 0 Å². The highest BCUT2D eigenvalue weighted by Gasteiger charge is 2.18. The Balaban J connectivity index is 2.48. The number of methoxy groups -OCH3 is 1.